The maximum atomic E-state index is 14.4. The van der Waals surface area contributed by atoms with E-state index < -0.39 is 36.6 Å². The van der Waals surface area contributed by atoms with Gasteiger partial charge < -0.3 is 0 Å². The Morgan fingerprint density at radius 1 is 1.30 bits per heavy atom. The number of fused-ring (bicyclic) bond motifs is 2. The van der Waals surface area contributed by atoms with E-state index in [0.717, 1.165) is 12.8 Å². The van der Waals surface area contributed by atoms with E-state index in [4.69, 9.17) is 21.3 Å². The van der Waals surface area contributed by atoms with Crippen LogP contribution in [-0.4, -0.2) is 65.5 Å². The summed E-state index contributed by atoms with van der Waals surface area (Å²) in [4.78, 5) is 34.5. The zero-order valence-corrected chi connectivity index (χ0v) is 26.7. The number of aromatic nitrogens is 2. The number of amides is 2. The van der Waals surface area contributed by atoms with Crippen molar-refractivity contribution in [1.29, 1.82) is 0 Å². The average Bonchev–Trinajstić information content (AvgIpc) is 3.07. The Morgan fingerprint density at radius 2 is 2.05 bits per heavy atom. The number of halogens is 5. The maximum absolute atomic E-state index is 14.4. The Bertz CT molecular complexity index is 1460. The molecular weight excluding hydrogens is 770 g/mol. The molecule has 8 nitrogen and oxygen atoms in total. The number of carbonyl (C=O) groups is 2. The molecule has 40 heavy (non-hydrogen) atoms. The molecule has 0 unspecified atom stereocenters. The summed E-state index contributed by atoms with van der Waals surface area (Å²) in [5.74, 6) is -2.87. The topological polar surface area (TPSA) is 70.9 Å². The molecule has 1 aromatic heterocycles. The Labute approximate surface area is 256 Å². The molecule has 214 valence electrons. The molecule has 2 aliphatic rings. The summed E-state index contributed by atoms with van der Waals surface area (Å²) in [6.45, 7) is 3.26. The summed E-state index contributed by atoms with van der Waals surface area (Å²) >= 11 is 8.35. The number of rotatable bonds is 5. The Morgan fingerprint density at radius 3 is 2.75 bits per heavy atom. The van der Waals surface area contributed by atoms with Gasteiger partial charge in [-0.25, -0.2) is 0 Å². The van der Waals surface area contributed by atoms with Crippen molar-refractivity contribution in [1.82, 2.24) is 14.5 Å². The molecule has 0 bridgehead atoms. The minimum absolute atomic E-state index is 0.152. The SMILES string of the molecule is C=CC(=O)N1CCCC[C@@H](n2c(N([I-]I)C(=O)c3ccccc3)nc3cc4c(c(Cl)c32)OCC(F)(F)CN4C)C1. The number of hydrogen-bond acceptors (Lipinski definition) is 5. The van der Waals surface area contributed by atoms with Crippen LogP contribution in [0.1, 0.15) is 35.7 Å². The van der Waals surface area contributed by atoms with E-state index in [1.165, 1.54) is 11.0 Å². The third-order valence-electron chi connectivity index (χ3n) is 7.08. The Kier molecular flexibility index (Phi) is 8.76. The van der Waals surface area contributed by atoms with Gasteiger partial charge in [0, 0.05) is 0 Å². The third kappa shape index (κ3) is 5.62. The summed E-state index contributed by atoms with van der Waals surface area (Å²) < 4.78 is 38.0. The molecule has 1 saturated heterocycles. The molecule has 2 aromatic carbocycles. The van der Waals surface area contributed by atoms with Gasteiger partial charge in [0.15, 0.2) is 0 Å². The molecule has 1 atom stereocenters. The van der Waals surface area contributed by atoms with Gasteiger partial charge in [-0.15, -0.1) is 0 Å². The molecule has 1 fully saturated rings. The number of hydrogen-bond donors (Lipinski definition) is 0. The predicted octanol–water partition coefficient (Wildman–Crippen LogP) is 2.89. The average molecular weight is 797 g/mol. The van der Waals surface area contributed by atoms with Crippen molar-refractivity contribution in [2.24, 2.45) is 0 Å². The summed E-state index contributed by atoms with van der Waals surface area (Å²) in [7, 11) is 1.56. The fourth-order valence-electron chi connectivity index (χ4n) is 5.23. The quantitative estimate of drug-likeness (QED) is 0.226. The summed E-state index contributed by atoms with van der Waals surface area (Å²) in [5.41, 5.74) is 1.88. The van der Waals surface area contributed by atoms with Gasteiger partial charge in [-0.3, -0.25) is 0 Å². The van der Waals surface area contributed by atoms with Gasteiger partial charge in [-0.2, -0.15) is 0 Å². The van der Waals surface area contributed by atoms with Crippen molar-refractivity contribution in [2.75, 3.05) is 41.3 Å². The first-order valence-corrected chi connectivity index (χ1v) is 20.3. The van der Waals surface area contributed by atoms with E-state index in [9.17, 15) is 18.4 Å². The van der Waals surface area contributed by atoms with Crippen molar-refractivity contribution in [3.8, 4) is 5.75 Å². The van der Waals surface area contributed by atoms with Crippen molar-refractivity contribution < 1.29 is 40.6 Å². The van der Waals surface area contributed by atoms with Gasteiger partial charge in [0.1, 0.15) is 0 Å². The zero-order chi connectivity index (χ0) is 28.6. The number of likely N-dealkylation sites (tertiary alicyclic amines) is 1. The molecule has 3 aromatic rings. The number of nitrogens with zero attached hydrogens (tertiary/aromatic N) is 5. The fourth-order valence-corrected chi connectivity index (χ4v) is 8.73. The van der Waals surface area contributed by atoms with E-state index in [2.05, 4.69) is 25.2 Å². The van der Waals surface area contributed by atoms with Crippen LogP contribution in [0.15, 0.2) is 49.1 Å². The Balaban J connectivity index is 1.73. The molecule has 0 saturated carbocycles. The Hall–Kier alpha value is -2.20. The molecule has 2 amide bonds. The van der Waals surface area contributed by atoms with Gasteiger partial charge in [0.2, 0.25) is 0 Å². The number of benzene rings is 2. The zero-order valence-electron chi connectivity index (χ0n) is 21.6. The van der Waals surface area contributed by atoms with Gasteiger partial charge in [0.25, 0.3) is 0 Å². The van der Waals surface area contributed by atoms with E-state index in [-0.39, 0.29) is 28.6 Å². The van der Waals surface area contributed by atoms with E-state index in [1.807, 2.05) is 10.6 Å². The van der Waals surface area contributed by atoms with Crippen LogP contribution >= 0.6 is 30.2 Å². The summed E-state index contributed by atoms with van der Waals surface area (Å²) in [5, 5.41) is 0.153. The first kappa shape index (κ1) is 29.3. The van der Waals surface area contributed by atoms with Crippen LogP contribution in [-0.2, 0) is 4.79 Å². The number of carbonyl (C=O) groups excluding carboxylic acids is 2. The van der Waals surface area contributed by atoms with Crippen LogP contribution < -0.4 is 30.3 Å². The molecule has 13 heteroatoms. The van der Waals surface area contributed by atoms with Gasteiger partial charge in [0.05, 0.1) is 0 Å². The van der Waals surface area contributed by atoms with Gasteiger partial charge in [-0.05, 0) is 0 Å². The van der Waals surface area contributed by atoms with E-state index in [0.29, 0.717) is 47.7 Å². The molecule has 0 aliphatic carbocycles. The summed E-state index contributed by atoms with van der Waals surface area (Å²) in [6, 6.07) is 10.4. The van der Waals surface area contributed by atoms with E-state index in [1.54, 1.807) is 45.4 Å². The second kappa shape index (κ2) is 12.0. The predicted molar refractivity (Wildman–Crippen MR) is 155 cm³/mol. The second-order valence-electron chi connectivity index (χ2n) is 9.84. The van der Waals surface area contributed by atoms with Crippen LogP contribution in [0, 0.1) is 0 Å². The molecule has 3 heterocycles. The number of alkyl halides is 2. The number of ether oxygens (including phenoxy) is 1. The number of imidazole rings is 1. The number of anilines is 2. The van der Waals surface area contributed by atoms with Gasteiger partial charge >= 0.3 is 258 Å². The first-order chi connectivity index (χ1) is 19.1. The van der Waals surface area contributed by atoms with Crippen LogP contribution in [0.3, 0.4) is 0 Å². The molecule has 5 rings (SSSR count). The fraction of sp³-hybridized carbons (Fsp3) is 0.370. The van der Waals surface area contributed by atoms with Crippen molar-refractivity contribution >= 4 is 64.7 Å². The van der Waals surface area contributed by atoms with Crippen LogP contribution in [0.4, 0.5) is 20.4 Å². The summed E-state index contributed by atoms with van der Waals surface area (Å²) in [6.07, 6.45) is 3.66. The van der Waals surface area contributed by atoms with Crippen LogP contribution in [0.2, 0.25) is 5.02 Å². The molecule has 2 aliphatic heterocycles. The normalized spacial score (nSPS) is 19.0. The van der Waals surface area contributed by atoms with Gasteiger partial charge in [-0.1, -0.05) is 0 Å². The second-order valence-corrected chi connectivity index (χ2v) is 14.0. The van der Waals surface area contributed by atoms with E-state index >= 15 is 0 Å². The first-order valence-electron chi connectivity index (χ1n) is 12.7. The monoisotopic (exact) mass is 796 g/mol. The molecule has 0 radical (unpaired) electrons. The minimum atomic E-state index is -3.06. The molecule has 0 spiro atoms. The standard InChI is InChI=1S/C27H27ClF2I2N5O3/c1-3-21(38)35-12-8-7-11-18(14-35)36-23-19(13-20-24(22(23)28)40-16-27(29,30)15-34(20)2)33-26(36)37(32-31)25(39)17-9-5-4-6-10-17/h3-6,9-10,13,18H,1,7-8,11-12,14-16H2,2H3/q-1/t18-/m1/s1. The van der Waals surface area contributed by atoms with Crippen molar-refractivity contribution in [3.05, 3.63) is 59.6 Å². The molecular formula is C27H27ClF2I2N5O3-. The van der Waals surface area contributed by atoms with Crippen LogP contribution in [0.5, 0.6) is 5.75 Å². The van der Waals surface area contributed by atoms with Crippen molar-refractivity contribution in [3.63, 3.8) is 0 Å². The molecule has 0 N–H and O–H groups in total. The van der Waals surface area contributed by atoms with Crippen LogP contribution in [0.25, 0.3) is 11.0 Å². The van der Waals surface area contributed by atoms with Crippen molar-refractivity contribution in [2.45, 2.75) is 31.2 Å². The third-order valence-corrected chi connectivity index (χ3v) is 11.1.